The van der Waals surface area contributed by atoms with E-state index in [0.29, 0.717) is 0 Å². The van der Waals surface area contributed by atoms with Crippen molar-refractivity contribution in [2.75, 3.05) is 18.4 Å². The molecule has 102 valence electrons. The van der Waals surface area contributed by atoms with Crippen LogP contribution in [0.15, 0.2) is 18.2 Å². The lowest BCUT2D eigenvalue weighted by molar-refractivity contribution is -0.123. The van der Waals surface area contributed by atoms with Gasteiger partial charge in [-0.15, -0.1) is 0 Å². The fourth-order valence-electron chi connectivity index (χ4n) is 1.22. The Bertz CT molecular complexity index is 519. The SMILES string of the molecule is NCC(=O)NCC(=O)Nc1ccc(C(=O)O)c(F)c1. The van der Waals surface area contributed by atoms with E-state index in [1.54, 1.807) is 0 Å². The molecule has 0 bridgehead atoms. The number of nitrogens with one attached hydrogen (secondary N) is 2. The zero-order valence-corrected chi connectivity index (χ0v) is 9.77. The van der Waals surface area contributed by atoms with Crippen molar-refractivity contribution in [3.05, 3.63) is 29.6 Å². The third-order valence-electron chi connectivity index (χ3n) is 2.11. The Morgan fingerprint density at radius 1 is 1.26 bits per heavy atom. The summed E-state index contributed by atoms with van der Waals surface area (Å²) in [6.45, 7) is -0.548. The summed E-state index contributed by atoms with van der Waals surface area (Å²) in [7, 11) is 0. The molecule has 0 saturated heterocycles. The Labute approximate surface area is 107 Å². The highest BCUT2D eigenvalue weighted by atomic mass is 19.1. The monoisotopic (exact) mass is 269 g/mol. The van der Waals surface area contributed by atoms with E-state index >= 15 is 0 Å². The van der Waals surface area contributed by atoms with Crippen LogP contribution in [0.1, 0.15) is 10.4 Å². The van der Waals surface area contributed by atoms with Gasteiger partial charge in [0.1, 0.15) is 5.82 Å². The minimum atomic E-state index is -1.40. The molecule has 0 spiro atoms. The summed E-state index contributed by atoms with van der Waals surface area (Å²) in [5.41, 5.74) is 4.63. The van der Waals surface area contributed by atoms with Crippen LogP contribution in [0.3, 0.4) is 0 Å². The summed E-state index contributed by atoms with van der Waals surface area (Å²) >= 11 is 0. The molecule has 1 aromatic rings. The van der Waals surface area contributed by atoms with Crippen molar-refractivity contribution in [1.29, 1.82) is 0 Å². The molecule has 0 aromatic heterocycles. The first-order chi connectivity index (χ1) is 8.93. The normalized spacial score (nSPS) is 9.79. The summed E-state index contributed by atoms with van der Waals surface area (Å²) in [4.78, 5) is 32.7. The van der Waals surface area contributed by atoms with Gasteiger partial charge in [-0.3, -0.25) is 9.59 Å². The van der Waals surface area contributed by atoms with Gasteiger partial charge in [-0.2, -0.15) is 0 Å². The highest BCUT2D eigenvalue weighted by Crippen LogP contribution is 2.14. The first-order valence-corrected chi connectivity index (χ1v) is 5.23. The largest absolute Gasteiger partial charge is 0.478 e. The van der Waals surface area contributed by atoms with E-state index in [1.165, 1.54) is 6.07 Å². The van der Waals surface area contributed by atoms with Crippen LogP contribution in [0.2, 0.25) is 0 Å². The number of nitrogens with two attached hydrogens (primary N) is 1. The topological polar surface area (TPSA) is 122 Å². The Morgan fingerprint density at radius 3 is 2.47 bits per heavy atom. The average molecular weight is 269 g/mol. The summed E-state index contributed by atoms with van der Waals surface area (Å²) < 4.78 is 13.3. The van der Waals surface area contributed by atoms with Crippen molar-refractivity contribution in [3.8, 4) is 0 Å². The van der Waals surface area contributed by atoms with Crippen LogP contribution in [0, 0.1) is 5.82 Å². The van der Waals surface area contributed by atoms with Crippen molar-refractivity contribution >= 4 is 23.5 Å². The minimum absolute atomic E-state index is 0.0921. The van der Waals surface area contributed by atoms with Crippen molar-refractivity contribution in [2.24, 2.45) is 5.73 Å². The first kappa shape index (κ1) is 14.6. The third kappa shape index (κ3) is 4.36. The van der Waals surface area contributed by atoms with Crippen LogP contribution in [0.25, 0.3) is 0 Å². The number of carbonyl (C=O) groups excluding carboxylic acids is 2. The molecule has 0 aliphatic rings. The Morgan fingerprint density at radius 2 is 1.95 bits per heavy atom. The summed E-state index contributed by atoms with van der Waals surface area (Å²) in [6.07, 6.45) is 0. The molecule has 8 heteroatoms. The minimum Gasteiger partial charge on any atom is -0.478 e. The zero-order valence-electron chi connectivity index (χ0n) is 9.77. The van der Waals surface area contributed by atoms with Crippen molar-refractivity contribution in [3.63, 3.8) is 0 Å². The Balaban J connectivity index is 2.63. The van der Waals surface area contributed by atoms with Gasteiger partial charge in [-0.05, 0) is 18.2 Å². The maximum atomic E-state index is 13.3. The number of benzene rings is 1. The van der Waals surface area contributed by atoms with E-state index in [0.717, 1.165) is 12.1 Å². The molecule has 0 aliphatic heterocycles. The maximum absolute atomic E-state index is 13.3. The van der Waals surface area contributed by atoms with Gasteiger partial charge in [0.2, 0.25) is 11.8 Å². The van der Waals surface area contributed by atoms with Gasteiger partial charge in [0, 0.05) is 5.69 Å². The lowest BCUT2D eigenvalue weighted by Crippen LogP contribution is -2.36. The smallest absolute Gasteiger partial charge is 0.338 e. The number of halogens is 1. The molecule has 0 radical (unpaired) electrons. The van der Waals surface area contributed by atoms with Gasteiger partial charge in [0.15, 0.2) is 0 Å². The number of carboxylic acids is 1. The highest BCUT2D eigenvalue weighted by molar-refractivity contribution is 5.95. The van der Waals surface area contributed by atoms with Crippen molar-refractivity contribution in [2.45, 2.75) is 0 Å². The molecule has 0 aliphatic carbocycles. The summed E-state index contributed by atoms with van der Waals surface area (Å²) in [5, 5.41) is 13.2. The molecule has 2 amide bonds. The second-order valence-electron chi connectivity index (χ2n) is 3.53. The number of hydrogen-bond donors (Lipinski definition) is 4. The summed E-state index contributed by atoms with van der Waals surface area (Å²) in [6, 6.07) is 3.16. The molecule has 0 atom stereocenters. The number of carbonyl (C=O) groups is 3. The molecule has 0 saturated carbocycles. The first-order valence-electron chi connectivity index (χ1n) is 5.23. The number of amides is 2. The van der Waals surface area contributed by atoms with Crippen molar-refractivity contribution < 1.29 is 23.9 Å². The van der Waals surface area contributed by atoms with E-state index in [2.05, 4.69) is 10.6 Å². The molecule has 1 rings (SSSR count). The van der Waals surface area contributed by atoms with E-state index in [1.807, 2.05) is 0 Å². The third-order valence-corrected chi connectivity index (χ3v) is 2.11. The van der Waals surface area contributed by atoms with Crippen LogP contribution < -0.4 is 16.4 Å². The van der Waals surface area contributed by atoms with Crippen LogP contribution in [-0.2, 0) is 9.59 Å². The lowest BCUT2D eigenvalue weighted by Gasteiger charge is -2.07. The maximum Gasteiger partial charge on any atom is 0.338 e. The van der Waals surface area contributed by atoms with Gasteiger partial charge in [0.25, 0.3) is 0 Å². The number of rotatable bonds is 5. The Hall–Kier alpha value is -2.48. The molecular weight excluding hydrogens is 257 g/mol. The van der Waals surface area contributed by atoms with E-state index in [4.69, 9.17) is 10.8 Å². The van der Waals surface area contributed by atoms with E-state index < -0.39 is 29.2 Å². The zero-order chi connectivity index (χ0) is 14.4. The van der Waals surface area contributed by atoms with Crippen LogP contribution in [-0.4, -0.2) is 36.0 Å². The van der Waals surface area contributed by atoms with Crippen LogP contribution in [0.5, 0.6) is 0 Å². The average Bonchev–Trinajstić information content (AvgIpc) is 2.35. The van der Waals surface area contributed by atoms with Gasteiger partial charge in [0.05, 0.1) is 18.7 Å². The number of aromatic carboxylic acids is 1. The number of anilines is 1. The van der Waals surface area contributed by atoms with Crippen LogP contribution >= 0.6 is 0 Å². The quantitative estimate of drug-likeness (QED) is 0.576. The standard InChI is InChI=1S/C11H12FN3O4/c12-8-3-6(1-2-7(8)11(18)19)15-10(17)5-14-9(16)4-13/h1-3H,4-5,13H2,(H,14,16)(H,15,17)(H,18,19). The lowest BCUT2D eigenvalue weighted by atomic mass is 10.2. The number of carboxylic acid groups (broad SMARTS) is 1. The van der Waals surface area contributed by atoms with Crippen LogP contribution in [0.4, 0.5) is 10.1 Å². The van der Waals surface area contributed by atoms with Gasteiger partial charge in [-0.1, -0.05) is 0 Å². The molecule has 7 nitrogen and oxygen atoms in total. The van der Waals surface area contributed by atoms with E-state index in [-0.39, 0.29) is 18.8 Å². The molecule has 0 fully saturated rings. The number of hydrogen-bond acceptors (Lipinski definition) is 4. The second-order valence-corrected chi connectivity index (χ2v) is 3.53. The van der Waals surface area contributed by atoms with Gasteiger partial charge in [-0.25, -0.2) is 9.18 Å². The molecule has 19 heavy (non-hydrogen) atoms. The second kappa shape index (κ2) is 6.45. The molecular formula is C11H12FN3O4. The summed E-state index contributed by atoms with van der Waals surface area (Å²) in [5.74, 6) is -3.44. The van der Waals surface area contributed by atoms with Gasteiger partial charge < -0.3 is 21.5 Å². The molecule has 5 N–H and O–H groups in total. The predicted octanol–water partition coefficient (Wildman–Crippen LogP) is -0.463. The molecule has 0 heterocycles. The fourth-order valence-corrected chi connectivity index (χ4v) is 1.22. The van der Waals surface area contributed by atoms with Crippen molar-refractivity contribution in [1.82, 2.24) is 5.32 Å². The fraction of sp³-hybridized carbons (Fsp3) is 0.182. The molecule has 1 aromatic carbocycles. The highest BCUT2D eigenvalue weighted by Gasteiger charge is 2.11. The molecule has 0 unspecified atom stereocenters. The van der Waals surface area contributed by atoms with Gasteiger partial charge >= 0.3 is 5.97 Å². The van der Waals surface area contributed by atoms with E-state index in [9.17, 15) is 18.8 Å². The Kier molecular flexibility index (Phi) is 4.95. The predicted molar refractivity (Wildman–Crippen MR) is 64.1 cm³/mol.